The Labute approximate surface area is 136 Å². The van der Waals surface area contributed by atoms with E-state index in [4.69, 9.17) is 4.74 Å². The molecule has 1 fully saturated rings. The van der Waals surface area contributed by atoms with Gasteiger partial charge in [-0.1, -0.05) is 25.8 Å². The molecule has 1 aromatic carbocycles. The van der Waals surface area contributed by atoms with Gasteiger partial charge in [0.1, 0.15) is 5.75 Å². The number of nitrogens with zero attached hydrogens (tertiary/aromatic N) is 1. The van der Waals surface area contributed by atoms with E-state index in [1.807, 2.05) is 0 Å². The van der Waals surface area contributed by atoms with Gasteiger partial charge in [0.25, 0.3) is 0 Å². The van der Waals surface area contributed by atoms with Crippen LogP contribution >= 0.6 is 0 Å². The van der Waals surface area contributed by atoms with Crippen molar-refractivity contribution >= 4 is 5.69 Å². The molecule has 3 heteroatoms. The van der Waals surface area contributed by atoms with Crippen LogP contribution in [0.15, 0.2) is 18.2 Å². The Morgan fingerprint density at radius 1 is 1.14 bits per heavy atom. The fourth-order valence-electron chi connectivity index (χ4n) is 3.00. The maximum absolute atomic E-state index is 6.12. The summed E-state index contributed by atoms with van der Waals surface area (Å²) in [6, 6.07) is 6.73. The molecule has 0 atom stereocenters. The summed E-state index contributed by atoms with van der Waals surface area (Å²) in [5, 5.41) is 3.47. The number of ether oxygens (including phenoxy) is 1. The topological polar surface area (TPSA) is 24.5 Å². The van der Waals surface area contributed by atoms with Crippen LogP contribution in [0.5, 0.6) is 5.75 Å². The molecule has 0 radical (unpaired) electrons. The second-order valence-corrected chi connectivity index (χ2v) is 6.55. The highest BCUT2D eigenvalue weighted by atomic mass is 16.5. The maximum Gasteiger partial charge on any atom is 0.143 e. The maximum atomic E-state index is 6.12. The van der Waals surface area contributed by atoms with Gasteiger partial charge in [0.2, 0.25) is 0 Å². The molecule has 0 spiro atoms. The molecule has 0 aromatic heterocycles. The van der Waals surface area contributed by atoms with E-state index in [0.717, 1.165) is 31.9 Å². The summed E-state index contributed by atoms with van der Waals surface area (Å²) >= 11 is 0. The van der Waals surface area contributed by atoms with Crippen molar-refractivity contribution in [1.29, 1.82) is 0 Å². The van der Waals surface area contributed by atoms with Gasteiger partial charge in [0, 0.05) is 19.6 Å². The van der Waals surface area contributed by atoms with Crippen LogP contribution in [-0.4, -0.2) is 25.7 Å². The molecule has 124 valence electrons. The molecule has 1 aromatic rings. The Morgan fingerprint density at radius 2 is 1.86 bits per heavy atom. The molecule has 22 heavy (non-hydrogen) atoms. The van der Waals surface area contributed by atoms with Crippen molar-refractivity contribution in [2.24, 2.45) is 0 Å². The van der Waals surface area contributed by atoms with Gasteiger partial charge in [-0.25, -0.2) is 0 Å². The van der Waals surface area contributed by atoms with Crippen LogP contribution in [0.4, 0.5) is 5.69 Å². The largest absolute Gasteiger partial charge is 0.489 e. The summed E-state index contributed by atoms with van der Waals surface area (Å²) in [7, 11) is 0. The van der Waals surface area contributed by atoms with Crippen molar-refractivity contribution in [1.82, 2.24) is 5.32 Å². The van der Waals surface area contributed by atoms with Crippen molar-refractivity contribution in [3.8, 4) is 5.75 Å². The van der Waals surface area contributed by atoms with Crippen molar-refractivity contribution in [2.45, 2.75) is 65.5 Å². The average Bonchev–Trinajstić information content (AvgIpc) is 2.76. The summed E-state index contributed by atoms with van der Waals surface area (Å²) in [6.45, 7) is 10.7. The molecular formula is C19H32N2O. The fourth-order valence-corrected chi connectivity index (χ4v) is 3.00. The molecule has 2 rings (SSSR count). The predicted molar refractivity (Wildman–Crippen MR) is 94.9 cm³/mol. The number of hydrogen-bond donors (Lipinski definition) is 1. The number of anilines is 1. The van der Waals surface area contributed by atoms with E-state index in [-0.39, 0.29) is 6.10 Å². The molecule has 0 saturated carbocycles. The third kappa shape index (κ3) is 5.20. The van der Waals surface area contributed by atoms with Gasteiger partial charge in [0.05, 0.1) is 11.8 Å². The second kappa shape index (κ2) is 9.04. The number of nitrogens with one attached hydrogen (secondary N) is 1. The second-order valence-electron chi connectivity index (χ2n) is 6.55. The van der Waals surface area contributed by atoms with E-state index in [2.05, 4.69) is 49.2 Å². The lowest BCUT2D eigenvalue weighted by Crippen LogP contribution is -2.25. The molecule has 1 N–H and O–H groups in total. The van der Waals surface area contributed by atoms with Gasteiger partial charge >= 0.3 is 0 Å². The third-order valence-corrected chi connectivity index (χ3v) is 4.09. The van der Waals surface area contributed by atoms with E-state index in [9.17, 15) is 0 Å². The lowest BCUT2D eigenvalue weighted by Gasteiger charge is -2.26. The minimum atomic E-state index is 0.213. The van der Waals surface area contributed by atoms with Gasteiger partial charge in [-0.15, -0.1) is 0 Å². The molecule has 0 unspecified atom stereocenters. The summed E-state index contributed by atoms with van der Waals surface area (Å²) in [5.74, 6) is 1.05. The van der Waals surface area contributed by atoms with E-state index < -0.39 is 0 Å². The normalized spacial score (nSPS) is 15.9. The average molecular weight is 304 g/mol. The molecule has 0 aliphatic carbocycles. The zero-order valence-corrected chi connectivity index (χ0v) is 14.5. The fraction of sp³-hybridized carbons (Fsp3) is 0.684. The quantitative estimate of drug-likeness (QED) is 0.758. The molecule has 3 nitrogen and oxygen atoms in total. The molecular weight excluding hydrogens is 272 g/mol. The Kier molecular flexibility index (Phi) is 7.04. The van der Waals surface area contributed by atoms with Crippen LogP contribution < -0.4 is 15.0 Å². The summed E-state index contributed by atoms with van der Waals surface area (Å²) in [6.07, 6.45) is 6.68. The Balaban J connectivity index is 2.15. The van der Waals surface area contributed by atoms with E-state index in [1.54, 1.807) is 0 Å². The number of rotatable bonds is 7. The van der Waals surface area contributed by atoms with Gasteiger partial charge in [-0.2, -0.15) is 0 Å². The number of benzene rings is 1. The minimum absolute atomic E-state index is 0.213. The van der Waals surface area contributed by atoms with Crippen LogP contribution in [0.1, 0.15) is 58.4 Å². The van der Waals surface area contributed by atoms with Crippen molar-refractivity contribution in [3.05, 3.63) is 23.8 Å². The Morgan fingerprint density at radius 3 is 2.50 bits per heavy atom. The highest BCUT2D eigenvalue weighted by Gasteiger charge is 2.15. The summed E-state index contributed by atoms with van der Waals surface area (Å²) < 4.78 is 6.12. The van der Waals surface area contributed by atoms with Gasteiger partial charge in [0.15, 0.2) is 0 Å². The van der Waals surface area contributed by atoms with Crippen LogP contribution in [0.2, 0.25) is 0 Å². The highest BCUT2D eigenvalue weighted by Crippen LogP contribution is 2.32. The van der Waals surface area contributed by atoms with Gasteiger partial charge in [-0.05, 0) is 57.4 Å². The smallest absolute Gasteiger partial charge is 0.143 e. The third-order valence-electron chi connectivity index (χ3n) is 4.09. The summed E-state index contributed by atoms with van der Waals surface area (Å²) in [4.78, 5) is 2.51. The van der Waals surface area contributed by atoms with Crippen molar-refractivity contribution in [3.63, 3.8) is 0 Å². The molecule has 0 bridgehead atoms. The van der Waals surface area contributed by atoms with Crippen LogP contribution in [-0.2, 0) is 6.54 Å². The Bertz CT molecular complexity index is 437. The van der Waals surface area contributed by atoms with Crippen LogP contribution in [0.25, 0.3) is 0 Å². The standard InChI is InChI=1S/C19H32N2O/c1-4-11-20-15-17-9-10-18(19(14-17)22-16(2)3)21-12-7-5-6-8-13-21/h9-10,14,16,20H,4-8,11-13,15H2,1-3H3. The molecule has 1 saturated heterocycles. The zero-order chi connectivity index (χ0) is 15.8. The zero-order valence-electron chi connectivity index (χ0n) is 14.5. The molecule has 1 heterocycles. The van der Waals surface area contributed by atoms with E-state index in [1.165, 1.54) is 43.4 Å². The predicted octanol–water partition coefficient (Wildman–Crippen LogP) is 4.35. The lowest BCUT2D eigenvalue weighted by atomic mass is 10.1. The number of hydrogen-bond acceptors (Lipinski definition) is 3. The molecule has 1 aliphatic heterocycles. The van der Waals surface area contributed by atoms with Gasteiger partial charge in [-0.3, -0.25) is 0 Å². The SMILES string of the molecule is CCCNCc1ccc(N2CCCCCC2)c(OC(C)C)c1. The lowest BCUT2D eigenvalue weighted by molar-refractivity contribution is 0.242. The Hall–Kier alpha value is -1.22. The first kappa shape index (κ1) is 17.1. The first-order valence-corrected chi connectivity index (χ1v) is 8.96. The molecule has 1 aliphatic rings. The highest BCUT2D eigenvalue weighted by molar-refractivity contribution is 5.60. The van der Waals surface area contributed by atoms with Crippen molar-refractivity contribution in [2.75, 3.05) is 24.5 Å². The van der Waals surface area contributed by atoms with Crippen molar-refractivity contribution < 1.29 is 4.74 Å². The van der Waals surface area contributed by atoms with Crippen LogP contribution in [0.3, 0.4) is 0 Å². The van der Waals surface area contributed by atoms with E-state index in [0.29, 0.717) is 0 Å². The first-order chi connectivity index (χ1) is 10.7. The van der Waals surface area contributed by atoms with Crippen LogP contribution in [0, 0.1) is 0 Å². The monoisotopic (exact) mass is 304 g/mol. The first-order valence-electron chi connectivity index (χ1n) is 8.96. The minimum Gasteiger partial charge on any atom is -0.489 e. The summed E-state index contributed by atoms with van der Waals surface area (Å²) in [5.41, 5.74) is 2.58. The van der Waals surface area contributed by atoms with E-state index >= 15 is 0 Å². The molecule has 0 amide bonds. The van der Waals surface area contributed by atoms with Gasteiger partial charge < -0.3 is 15.0 Å².